The summed E-state index contributed by atoms with van der Waals surface area (Å²) in [6.45, 7) is 4.34. The van der Waals surface area contributed by atoms with Crippen LogP contribution in [0.25, 0.3) is 5.69 Å². The highest BCUT2D eigenvalue weighted by Gasteiger charge is 2.42. The third kappa shape index (κ3) is 4.09. The third-order valence-electron chi connectivity index (χ3n) is 5.70. The zero-order valence-corrected chi connectivity index (χ0v) is 19.4. The predicted molar refractivity (Wildman–Crippen MR) is 114 cm³/mol. The van der Waals surface area contributed by atoms with Crippen molar-refractivity contribution >= 4 is 15.9 Å². The van der Waals surface area contributed by atoms with Gasteiger partial charge in [0.2, 0.25) is 10.0 Å². The third-order valence-corrected chi connectivity index (χ3v) is 7.85. The van der Waals surface area contributed by atoms with Crippen LogP contribution in [0.4, 0.5) is 13.2 Å². The molecule has 0 unspecified atom stereocenters. The van der Waals surface area contributed by atoms with Gasteiger partial charge in [-0.25, -0.2) is 13.1 Å². The van der Waals surface area contributed by atoms with Gasteiger partial charge in [0.25, 0.3) is 5.91 Å². The molecule has 0 bridgehead atoms. The van der Waals surface area contributed by atoms with E-state index in [0.29, 0.717) is 5.56 Å². The van der Waals surface area contributed by atoms with E-state index in [4.69, 9.17) is 4.52 Å². The van der Waals surface area contributed by atoms with Crippen molar-refractivity contribution in [1.82, 2.24) is 24.1 Å². The number of piperazine rings is 1. The van der Waals surface area contributed by atoms with Crippen LogP contribution in [0.2, 0.25) is 0 Å². The number of alkyl halides is 3. The Hall–Kier alpha value is -3.19. The van der Waals surface area contributed by atoms with E-state index in [1.165, 1.54) is 29.1 Å². The molecule has 1 aromatic carbocycles. The summed E-state index contributed by atoms with van der Waals surface area (Å²) >= 11 is 0. The van der Waals surface area contributed by atoms with Crippen molar-refractivity contribution in [1.29, 1.82) is 0 Å². The van der Waals surface area contributed by atoms with E-state index in [2.05, 4.69) is 10.3 Å². The van der Waals surface area contributed by atoms with Crippen molar-refractivity contribution in [3.63, 3.8) is 0 Å². The second-order valence-corrected chi connectivity index (χ2v) is 9.83. The van der Waals surface area contributed by atoms with Crippen LogP contribution in [0.15, 0.2) is 39.9 Å². The molecule has 0 saturated carbocycles. The first-order valence-electron chi connectivity index (χ1n) is 10.4. The monoisotopic (exact) mass is 497 g/mol. The molecule has 0 N–H and O–H groups in total. The zero-order valence-electron chi connectivity index (χ0n) is 18.6. The Morgan fingerprint density at radius 1 is 1.06 bits per heavy atom. The van der Waals surface area contributed by atoms with Gasteiger partial charge in [-0.05, 0) is 32.4 Å². The number of carbonyl (C=O) groups is 1. The molecule has 13 heteroatoms. The van der Waals surface area contributed by atoms with Crippen LogP contribution in [0.3, 0.4) is 0 Å². The summed E-state index contributed by atoms with van der Waals surface area (Å²) in [5.74, 6) is -0.712. The SMILES string of the molecule is Cc1ccccc1-n1ncc(C(=O)N2CCN(S(=O)(=O)c3c(C)noc3C)CC2)c1C(F)(F)F. The Bertz CT molecular complexity index is 1320. The number of aryl methyl sites for hydroxylation is 3. The first-order valence-corrected chi connectivity index (χ1v) is 11.8. The molecular formula is C21H22F3N5O4S. The van der Waals surface area contributed by atoms with E-state index >= 15 is 0 Å². The summed E-state index contributed by atoms with van der Waals surface area (Å²) < 4.78 is 74.8. The number of para-hydroxylation sites is 1. The molecule has 1 aliphatic rings. The van der Waals surface area contributed by atoms with Crippen LogP contribution < -0.4 is 0 Å². The number of sulfonamides is 1. The van der Waals surface area contributed by atoms with Crippen LogP contribution in [0.1, 0.15) is 33.1 Å². The Kier molecular flexibility index (Phi) is 6.02. The molecule has 3 aromatic rings. The highest BCUT2D eigenvalue weighted by Crippen LogP contribution is 2.35. The maximum atomic E-state index is 14.0. The second-order valence-electron chi connectivity index (χ2n) is 7.95. The van der Waals surface area contributed by atoms with Crippen LogP contribution in [-0.2, 0) is 16.2 Å². The lowest BCUT2D eigenvalue weighted by atomic mass is 10.1. The summed E-state index contributed by atoms with van der Waals surface area (Å²) in [6.07, 6.45) is -3.93. The van der Waals surface area contributed by atoms with Crippen LogP contribution >= 0.6 is 0 Å². The quantitative estimate of drug-likeness (QED) is 0.549. The number of aromatic nitrogens is 3. The molecule has 1 aliphatic heterocycles. The average Bonchev–Trinajstić information content (AvgIpc) is 3.37. The van der Waals surface area contributed by atoms with Crippen molar-refractivity contribution in [2.24, 2.45) is 0 Å². The fourth-order valence-electron chi connectivity index (χ4n) is 4.04. The number of benzene rings is 1. The first-order chi connectivity index (χ1) is 15.9. The van der Waals surface area contributed by atoms with Crippen molar-refractivity contribution in [3.05, 3.63) is 58.7 Å². The molecule has 1 amide bonds. The number of hydrogen-bond donors (Lipinski definition) is 0. The number of amides is 1. The zero-order chi connectivity index (χ0) is 24.8. The van der Waals surface area contributed by atoms with Gasteiger partial charge in [0.05, 0.1) is 17.4 Å². The van der Waals surface area contributed by atoms with E-state index < -0.39 is 33.4 Å². The van der Waals surface area contributed by atoms with Gasteiger partial charge in [-0.3, -0.25) is 4.79 Å². The summed E-state index contributed by atoms with van der Waals surface area (Å²) in [5.41, 5.74) is -0.762. The second kappa shape index (κ2) is 8.55. The molecule has 0 spiro atoms. The van der Waals surface area contributed by atoms with Gasteiger partial charge in [-0.2, -0.15) is 22.6 Å². The van der Waals surface area contributed by atoms with Crippen LogP contribution in [-0.4, -0.2) is 64.6 Å². The molecular weight excluding hydrogens is 475 g/mol. The lowest BCUT2D eigenvalue weighted by Gasteiger charge is -2.34. The van der Waals surface area contributed by atoms with Crippen molar-refractivity contribution in [2.45, 2.75) is 31.8 Å². The molecule has 2 aromatic heterocycles. The van der Waals surface area contributed by atoms with Crippen molar-refractivity contribution < 1.29 is 30.9 Å². The summed E-state index contributed by atoms with van der Waals surface area (Å²) in [6, 6.07) is 6.42. The Labute approximate surface area is 193 Å². The van der Waals surface area contributed by atoms with Gasteiger partial charge >= 0.3 is 6.18 Å². The van der Waals surface area contributed by atoms with Gasteiger partial charge < -0.3 is 9.42 Å². The Balaban J connectivity index is 1.59. The molecule has 0 aliphatic carbocycles. The van der Waals surface area contributed by atoms with E-state index in [1.807, 2.05) is 0 Å². The van der Waals surface area contributed by atoms with Crippen LogP contribution in [0, 0.1) is 20.8 Å². The fraction of sp³-hybridized carbons (Fsp3) is 0.381. The molecule has 1 saturated heterocycles. The average molecular weight is 497 g/mol. The van der Waals surface area contributed by atoms with E-state index in [9.17, 15) is 26.4 Å². The predicted octanol–water partition coefficient (Wildman–Crippen LogP) is 2.95. The van der Waals surface area contributed by atoms with Gasteiger partial charge in [0.1, 0.15) is 10.6 Å². The normalized spacial score (nSPS) is 15.6. The number of carbonyl (C=O) groups excluding carboxylic acids is 1. The van der Waals surface area contributed by atoms with E-state index in [1.54, 1.807) is 25.1 Å². The Morgan fingerprint density at radius 2 is 1.71 bits per heavy atom. The van der Waals surface area contributed by atoms with Gasteiger partial charge in [0, 0.05) is 26.2 Å². The minimum Gasteiger partial charge on any atom is -0.360 e. The van der Waals surface area contributed by atoms with Crippen molar-refractivity contribution in [2.75, 3.05) is 26.2 Å². The Morgan fingerprint density at radius 3 is 2.26 bits per heavy atom. The van der Waals surface area contributed by atoms with Crippen molar-refractivity contribution in [3.8, 4) is 5.69 Å². The van der Waals surface area contributed by atoms with Gasteiger partial charge in [-0.15, -0.1) is 0 Å². The molecule has 4 rings (SSSR count). The maximum absolute atomic E-state index is 14.0. The fourth-order valence-corrected chi connectivity index (χ4v) is 5.75. The molecule has 34 heavy (non-hydrogen) atoms. The first kappa shape index (κ1) is 24.0. The topological polar surface area (TPSA) is 102 Å². The largest absolute Gasteiger partial charge is 0.434 e. The van der Waals surface area contributed by atoms with Gasteiger partial charge in [0.15, 0.2) is 11.5 Å². The highest BCUT2D eigenvalue weighted by molar-refractivity contribution is 7.89. The van der Waals surface area contributed by atoms with Crippen LogP contribution in [0.5, 0.6) is 0 Å². The summed E-state index contributed by atoms with van der Waals surface area (Å²) in [5, 5.41) is 7.53. The standard InChI is InChI=1S/C21H22F3N5O4S/c1-13-6-4-5-7-17(13)29-19(21(22,23)24)16(12-25-29)20(30)27-8-10-28(11-9-27)34(31,32)18-14(2)26-33-15(18)3/h4-7,12H,8-11H2,1-3H3. The minimum atomic E-state index is -4.84. The molecule has 182 valence electrons. The maximum Gasteiger partial charge on any atom is 0.434 e. The lowest BCUT2D eigenvalue weighted by molar-refractivity contribution is -0.143. The molecule has 1 fully saturated rings. The molecule has 0 atom stereocenters. The smallest absolute Gasteiger partial charge is 0.360 e. The lowest BCUT2D eigenvalue weighted by Crippen LogP contribution is -2.50. The summed E-state index contributed by atoms with van der Waals surface area (Å²) in [7, 11) is -3.92. The molecule has 9 nitrogen and oxygen atoms in total. The highest BCUT2D eigenvalue weighted by atomic mass is 32.2. The van der Waals surface area contributed by atoms with Gasteiger partial charge in [-0.1, -0.05) is 23.4 Å². The van der Waals surface area contributed by atoms with E-state index in [-0.39, 0.29) is 48.2 Å². The van der Waals surface area contributed by atoms with E-state index in [0.717, 1.165) is 10.9 Å². The minimum absolute atomic E-state index is 0.0360. The number of hydrogen-bond acceptors (Lipinski definition) is 6. The number of nitrogens with zero attached hydrogens (tertiary/aromatic N) is 5. The summed E-state index contributed by atoms with van der Waals surface area (Å²) in [4.78, 5) is 14.2. The molecule has 0 radical (unpaired) electrons. The number of rotatable bonds is 4. The number of halogens is 3. The molecule has 3 heterocycles.